The van der Waals surface area contributed by atoms with Crippen molar-refractivity contribution < 1.29 is 14.3 Å². The molecule has 7 nitrogen and oxygen atoms in total. The van der Waals surface area contributed by atoms with Crippen LogP contribution in [0.5, 0.6) is 0 Å². The van der Waals surface area contributed by atoms with E-state index in [1.54, 1.807) is 23.1 Å². The van der Waals surface area contributed by atoms with Crippen LogP contribution in [0.25, 0.3) is 0 Å². The maximum absolute atomic E-state index is 13.1. The first-order valence-corrected chi connectivity index (χ1v) is 10.2. The molecule has 1 fully saturated rings. The number of benzene rings is 1. The molecule has 1 N–H and O–H groups in total. The maximum atomic E-state index is 13.1. The fourth-order valence-corrected chi connectivity index (χ4v) is 3.81. The summed E-state index contributed by atoms with van der Waals surface area (Å²) in [6.07, 6.45) is 1.89. The lowest BCUT2D eigenvalue weighted by molar-refractivity contribution is 0.0383. The minimum Gasteiger partial charge on any atom is -0.379 e. The summed E-state index contributed by atoms with van der Waals surface area (Å²) in [4.78, 5) is 33.9. The molecule has 0 radical (unpaired) electrons. The van der Waals surface area contributed by atoms with E-state index in [0.717, 1.165) is 51.4 Å². The maximum Gasteiger partial charge on any atom is 0.276 e. The highest BCUT2D eigenvalue weighted by Gasteiger charge is 2.24. The monoisotopic (exact) mass is 394 g/mol. The summed E-state index contributed by atoms with van der Waals surface area (Å²) in [7, 11) is 0. The van der Waals surface area contributed by atoms with Crippen LogP contribution >= 0.6 is 0 Å². The van der Waals surface area contributed by atoms with Crippen LogP contribution in [0, 0.1) is 0 Å². The molecule has 4 rings (SSSR count). The van der Waals surface area contributed by atoms with Crippen LogP contribution in [0.15, 0.2) is 42.5 Å². The predicted octanol–water partition coefficient (Wildman–Crippen LogP) is 1.74. The van der Waals surface area contributed by atoms with Gasteiger partial charge in [0.2, 0.25) is 0 Å². The number of ether oxygens (including phenoxy) is 1. The normalized spacial score (nSPS) is 16.9. The van der Waals surface area contributed by atoms with E-state index in [-0.39, 0.29) is 17.5 Å². The van der Waals surface area contributed by atoms with Crippen LogP contribution in [0.4, 0.5) is 5.69 Å². The third kappa shape index (κ3) is 4.63. The van der Waals surface area contributed by atoms with Gasteiger partial charge in [0, 0.05) is 38.4 Å². The zero-order chi connectivity index (χ0) is 20.1. The van der Waals surface area contributed by atoms with Crippen molar-refractivity contribution in [3.63, 3.8) is 0 Å². The number of carbonyl (C=O) groups excluding carboxylic acids is 2. The van der Waals surface area contributed by atoms with E-state index in [9.17, 15) is 9.59 Å². The van der Waals surface area contributed by atoms with Crippen molar-refractivity contribution in [2.75, 3.05) is 50.8 Å². The lowest BCUT2D eigenvalue weighted by Crippen LogP contribution is -2.41. The van der Waals surface area contributed by atoms with Gasteiger partial charge in [0.25, 0.3) is 11.8 Å². The summed E-state index contributed by atoms with van der Waals surface area (Å²) in [5.74, 6) is -0.424. The van der Waals surface area contributed by atoms with Crippen molar-refractivity contribution in [3.05, 3.63) is 59.4 Å². The molecule has 29 heavy (non-hydrogen) atoms. The molecule has 0 atom stereocenters. The minimum absolute atomic E-state index is 0.167. The summed E-state index contributed by atoms with van der Waals surface area (Å²) in [6.45, 7) is 5.22. The molecule has 0 bridgehead atoms. The second kappa shape index (κ2) is 9.15. The topological polar surface area (TPSA) is 74.8 Å². The first kappa shape index (κ1) is 19.5. The Labute approximate surface area is 170 Å². The molecule has 2 aromatic rings. The van der Waals surface area contributed by atoms with Crippen LogP contribution in [-0.2, 0) is 11.2 Å². The summed E-state index contributed by atoms with van der Waals surface area (Å²) < 4.78 is 5.33. The second-order valence-corrected chi connectivity index (χ2v) is 7.31. The smallest absolute Gasteiger partial charge is 0.276 e. The van der Waals surface area contributed by atoms with Gasteiger partial charge < -0.3 is 15.0 Å². The van der Waals surface area contributed by atoms with Crippen molar-refractivity contribution in [2.24, 2.45) is 0 Å². The second-order valence-electron chi connectivity index (χ2n) is 7.31. The highest BCUT2D eigenvalue weighted by atomic mass is 16.5. The van der Waals surface area contributed by atoms with Gasteiger partial charge in [-0.2, -0.15) is 0 Å². The third-order valence-corrected chi connectivity index (χ3v) is 5.37. The molecule has 0 saturated carbocycles. The third-order valence-electron chi connectivity index (χ3n) is 5.37. The quantitative estimate of drug-likeness (QED) is 0.836. The highest BCUT2D eigenvalue weighted by molar-refractivity contribution is 6.06. The van der Waals surface area contributed by atoms with Gasteiger partial charge in [-0.1, -0.05) is 24.3 Å². The molecule has 1 saturated heterocycles. The molecule has 1 aromatic heterocycles. The molecule has 3 heterocycles. The summed E-state index contributed by atoms with van der Waals surface area (Å²) in [6, 6.07) is 13.0. The van der Waals surface area contributed by atoms with Crippen LogP contribution < -0.4 is 10.2 Å². The molecule has 0 spiro atoms. The molecule has 2 aliphatic rings. The molecule has 152 valence electrons. The number of pyridine rings is 1. The molecular formula is C22H26N4O3. The Bertz CT molecular complexity index is 880. The van der Waals surface area contributed by atoms with E-state index in [4.69, 9.17) is 4.74 Å². The number of aryl methyl sites for hydroxylation is 1. The SMILES string of the molecule is O=C(NCCN1CCOCC1)c1cccc(C(=O)N2CCCc3ccccc32)n1. The average Bonchev–Trinajstić information content (AvgIpc) is 2.79. The lowest BCUT2D eigenvalue weighted by atomic mass is 10.0. The Hall–Kier alpha value is -2.77. The number of rotatable bonds is 5. The van der Waals surface area contributed by atoms with Crippen LogP contribution in [0.3, 0.4) is 0 Å². The first-order valence-electron chi connectivity index (χ1n) is 10.2. The molecular weight excluding hydrogens is 368 g/mol. The number of nitrogens with one attached hydrogen (secondary N) is 1. The summed E-state index contributed by atoms with van der Waals surface area (Å²) in [5.41, 5.74) is 2.67. The number of amides is 2. The van der Waals surface area contributed by atoms with Crippen LogP contribution in [-0.4, -0.2) is 67.6 Å². The van der Waals surface area contributed by atoms with Gasteiger partial charge >= 0.3 is 0 Å². The Morgan fingerprint density at radius 1 is 1.00 bits per heavy atom. The van der Waals surface area contributed by atoms with Gasteiger partial charge in [-0.15, -0.1) is 0 Å². The van der Waals surface area contributed by atoms with Gasteiger partial charge in [0.15, 0.2) is 0 Å². The summed E-state index contributed by atoms with van der Waals surface area (Å²) >= 11 is 0. The van der Waals surface area contributed by atoms with E-state index >= 15 is 0 Å². The number of hydrogen-bond donors (Lipinski definition) is 1. The van der Waals surface area contributed by atoms with Crippen molar-refractivity contribution >= 4 is 17.5 Å². The molecule has 2 amide bonds. The Kier molecular flexibility index (Phi) is 6.17. The number of morpholine rings is 1. The minimum atomic E-state index is -0.257. The Morgan fingerprint density at radius 2 is 1.79 bits per heavy atom. The first-order chi connectivity index (χ1) is 14.2. The van der Waals surface area contributed by atoms with Crippen LogP contribution in [0.2, 0.25) is 0 Å². The van der Waals surface area contributed by atoms with Gasteiger partial charge in [-0.3, -0.25) is 14.5 Å². The molecule has 0 aliphatic carbocycles. The standard InChI is InChI=1S/C22H26N4O3/c27-21(23-10-12-25-13-15-29-16-14-25)18-7-3-8-19(24-18)22(28)26-11-4-6-17-5-1-2-9-20(17)26/h1-3,5,7-9H,4,6,10-16H2,(H,23,27). The number of fused-ring (bicyclic) bond motifs is 1. The van der Waals surface area contributed by atoms with E-state index in [2.05, 4.69) is 21.3 Å². The molecule has 7 heteroatoms. The Morgan fingerprint density at radius 3 is 2.66 bits per heavy atom. The molecule has 1 aromatic carbocycles. The fourth-order valence-electron chi connectivity index (χ4n) is 3.81. The number of hydrogen-bond acceptors (Lipinski definition) is 5. The average molecular weight is 394 g/mol. The van der Waals surface area contributed by atoms with Crippen molar-refractivity contribution in [3.8, 4) is 0 Å². The fraction of sp³-hybridized carbons (Fsp3) is 0.409. The van der Waals surface area contributed by atoms with E-state index in [0.29, 0.717) is 18.8 Å². The van der Waals surface area contributed by atoms with Gasteiger partial charge in [-0.25, -0.2) is 4.98 Å². The van der Waals surface area contributed by atoms with E-state index in [1.807, 2.05) is 18.2 Å². The van der Waals surface area contributed by atoms with Crippen LogP contribution in [0.1, 0.15) is 33.0 Å². The van der Waals surface area contributed by atoms with Crippen molar-refractivity contribution in [2.45, 2.75) is 12.8 Å². The predicted molar refractivity (Wildman–Crippen MR) is 110 cm³/mol. The molecule has 0 unspecified atom stereocenters. The number of aromatic nitrogens is 1. The van der Waals surface area contributed by atoms with Gasteiger partial charge in [0.05, 0.1) is 13.2 Å². The largest absolute Gasteiger partial charge is 0.379 e. The highest BCUT2D eigenvalue weighted by Crippen LogP contribution is 2.27. The lowest BCUT2D eigenvalue weighted by Gasteiger charge is -2.29. The van der Waals surface area contributed by atoms with E-state index in [1.165, 1.54) is 5.56 Å². The zero-order valence-electron chi connectivity index (χ0n) is 16.5. The van der Waals surface area contributed by atoms with Gasteiger partial charge in [0.1, 0.15) is 11.4 Å². The number of anilines is 1. The van der Waals surface area contributed by atoms with Crippen molar-refractivity contribution in [1.29, 1.82) is 0 Å². The number of carbonyl (C=O) groups is 2. The number of para-hydroxylation sites is 1. The summed E-state index contributed by atoms with van der Waals surface area (Å²) in [5, 5.41) is 2.90. The van der Waals surface area contributed by atoms with E-state index < -0.39 is 0 Å². The number of nitrogens with zero attached hydrogens (tertiary/aromatic N) is 3. The van der Waals surface area contributed by atoms with Gasteiger partial charge in [-0.05, 0) is 36.6 Å². The molecule has 2 aliphatic heterocycles. The Balaban J connectivity index is 1.40. The zero-order valence-corrected chi connectivity index (χ0v) is 16.5. The van der Waals surface area contributed by atoms with Crippen molar-refractivity contribution in [1.82, 2.24) is 15.2 Å².